The van der Waals surface area contributed by atoms with Crippen molar-refractivity contribution in [1.29, 1.82) is 0 Å². The van der Waals surface area contributed by atoms with Crippen LogP contribution in [0.15, 0.2) is 77.5 Å². The number of carbonyl (C=O) groups is 3. The summed E-state index contributed by atoms with van der Waals surface area (Å²) in [7, 11) is 2.99. The smallest absolute Gasteiger partial charge is 0.283 e. The molecule has 0 aliphatic carbocycles. The highest BCUT2D eigenvalue weighted by Gasteiger charge is 2.39. The first-order valence-corrected chi connectivity index (χ1v) is 10.6. The summed E-state index contributed by atoms with van der Waals surface area (Å²) in [6.07, 6.45) is 0. The minimum absolute atomic E-state index is 0.159. The summed E-state index contributed by atoms with van der Waals surface area (Å²) in [6, 6.07) is 16.1. The zero-order valence-corrected chi connectivity index (χ0v) is 19.4. The van der Waals surface area contributed by atoms with Crippen LogP contribution in [0.2, 0.25) is 0 Å². The highest BCUT2D eigenvalue weighted by atomic mass is 35.5. The van der Waals surface area contributed by atoms with Crippen LogP contribution in [0.25, 0.3) is 0 Å². The van der Waals surface area contributed by atoms with Crippen molar-refractivity contribution in [3.05, 3.63) is 88.8 Å². The van der Waals surface area contributed by atoms with Crippen molar-refractivity contribution in [3.8, 4) is 11.5 Å². The first-order chi connectivity index (χ1) is 16.8. The lowest BCUT2D eigenvalue weighted by molar-refractivity contribution is -0.120. The molecule has 1 aliphatic rings. The lowest BCUT2D eigenvalue weighted by Crippen LogP contribution is -2.32. The van der Waals surface area contributed by atoms with Crippen molar-refractivity contribution in [2.45, 2.75) is 0 Å². The second-order valence-electron chi connectivity index (χ2n) is 7.34. The molecular weight excluding hydrogens is 477 g/mol. The van der Waals surface area contributed by atoms with Gasteiger partial charge in [-0.3, -0.25) is 14.4 Å². The second-order valence-corrected chi connectivity index (χ2v) is 7.72. The topological polar surface area (TPSA) is 97.0 Å². The molecule has 0 saturated heterocycles. The van der Waals surface area contributed by atoms with E-state index in [0.29, 0.717) is 22.9 Å². The first kappa shape index (κ1) is 23.8. The van der Waals surface area contributed by atoms with Gasteiger partial charge in [-0.15, -0.1) is 0 Å². The van der Waals surface area contributed by atoms with Gasteiger partial charge in [0.2, 0.25) is 0 Å². The molecule has 0 bridgehead atoms. The number of anilines is 3. The van der Waals surface area contributed by atoms with Crippen molar-refractivity contribution in [2.75, 3.05) is 29.8 Å². The minimum atomic E-state index is -0.746. The molecule has 0 saturated carbocycles. The molecule has 0 unspecified atom stereocenters. The van der Waals surface area contributed by atoms with Crippen LogP contribution in [-0.2, 0) is 9.59 Å². The Labute approximate surface area is 204 Å². The summed E-state index contributed by atoms with van der Waals surface area (Å²) >= 11 is 6.15. The Hall–Kier alpha value is -4.37. The number of hydrogen-bond donors (Lipinski definition) is 2. The van der Waals surface area contributed by atoms with Crippen molar-refractivity contribution in [3.63, 3.8) is 0 Å². The van der Waals surface area contributed by atoms with Gasteiger partial charge in [0.15, 0.2) is 0 Å². The number of nitrogens with zero attached hydrogens (tertiary/aromatic N) is 1. The maximum Gasteiger partial charge on any atom is 0.283 e. The van der Waals surface area contributed by atoms with Gasteiger partial charge < -0.3 is 20.1 Å². The monoisotopic (exact) mass is 495 g/mol. The number of amides is 3. The van der Waals surface area contributed by atoms with E-state index in [0.717, 1.165) is 17.0 Å². The number of nitrogens with one attached hydrogen (secondary N) is 2. The molecule has 10 heteroatoms. The lowest BCUT2D eigenvalue weighted by atomic mass is 10.1. The van der Waals surface area contributed by atoms with Crippen LogP contribution >= 0.6 is 11.6 Å². The fourth-order valence-corrected chi connectivity index (χ4v) is 3.64. The molecule has 35 heavy (non-hydrogen) atoms. The molecule has 1 aliphatic heterocycles. The molecule has 2 N–H and O–H groups in total. The van der Waals surface area contributed by atoms with Gasteiger partial charge in [-0.2, -0.15) is 0 Å². The number of benzene rings is 3. The van der Waals surface area contributed by atoms with Crippen molar-refractivity contribution < 1.29 is 28.2 Å². The van der Waals surface area contributed by atoms with Crippen LogP contribution < -0.4 is 25.0 Å². The largest absolute Gasteiger partial charge is 0.497 e. The average molecular weight is 496 g/mol. The van der Waals surface area contributed by atoms with Crippen LogP contribution in [-0.4, -0.2) is 31.9 Å². The number of halogens is 2. The highest BCUT2D eigenvalue weighted by molar-refractivity contribution is 6.53. The maximum atomic E-state index is 13.2. The molecule has 178 valence electrons. The molecule has 3 amide bonds. The molecule has 0 fully saturated rings. The summed E-state index contributed by atoms with van der Waals surface area (Å²) in [4.78, 5) is 39.2. The van der Waals surface area contributed by atoms with Crippen LogP contribution in [0.5, 0.6) is 11.5 Å². The van der Waals surface area contributed by atoms with Crippen LogP contribution in [0.4, 0.5) is 21.5 Å². The van der Waals surface area contributed by atoms with Crippen LogP contribution in [0.1, 0.15) is 10.4 Å². The van der Waals surface area contributed by atoms with Gasteiger partial charge in [-0.25, -0.2) is 9.29 Å². The lowest BCUT2D eigenvalue weighted by Gasteiger charge is -2.15. The summed E-state index contributed by atoms with van der Waals surface area (Å²) in [5.74, 6) is -1.42. The summed E-state index contributed by atoms with van der Waals surface area (Å²) in [5, 5.41) is 5.26. The third kappa shape index (κ3) is 4.80. The van der Waals surface area contributed by atoms with Gasteiger partial charge in [-0.1, -0.05) is 17.7 Å². The van der Waals surface area contributed by atoms with E-state index in [9.17, 15) is 18.8 Å². The van der Waals surface area contributed by atoms with Crippen molar-refractivity contribution >= 4 is 46.4 Å². The molecule has 0 aromatic heterocycles. The van der Waals surface area contributed by atoms with E-state index < -0.39 is 23.5 Å². The SMILES string of the molecule is COc1ccc(OC)c(NC(=O)c2cccc(NC3=C(Cl)C(=O)N(c4ccc(F)cc4)C3=O)c2)c1. The zero-order chi connectivity index (χ0) is 25.1. The molecule has 3 aromatic rings. The fourth-order valence-electron chi connectivity index (χ4n) is 3.42. The van der Waals surface area contributed by atoms with Gasteiger partial charge in [0, 0.05) is 17.3 Å². The number of rotatable bonds is 7. The Balaban J connectivity index is 1.55. The Bertz CT molecular complexity index is 1360. The van der Waals surface area contributed by atoms with Crippen LogP contribution in [0.3, 0.4) is 0 Å². The Morgan fingerprint density at radius 1 is 0.943 bits per heavy atom. The fraction of sp³-hybridized carbons (Fsp3) is 0.0800. The van der Waals surface area contributed by atoms with E-state index in [1.807, 2.05) is 0 Å². The average Bonchev–Trinajstić information content (AvgIpc) is 3.07. The van der Waals surface area contributed by atoms with Crippen molar-refractivity contribution in [1.82, 2.24) is 0 Å². The van der Waals surface area contributed by atoms with Crippen LogP contribution in [0, 0.1) is 5.82 Å². The molecule has 8 nitrogen and oxygen atoms in total. The Morgan fingerprint density at radius 2 is 1.69 bits per heavy atom. The predicted molar refractivity (Wildman–Crippen MR) is 129 cm³/mol. The minimum Gasteiger partial charge on any atom is -0.497 e. The molecule has 0 atom stereocenters. The van der Waals surface area contributed by atoms with E-state index >= 15 is 0 Å². The molecule has 0 spiro atoms. The highest BCUT2D eigenvalue weighted by Crippen LogP contribution is 2.31. The Morgan fingerprint density at radius 3 is 2.37 bits per heavy atom. The number of carbonyl (C=O) groups excluding carboxylic acids is 3. The van der Waals surface area contributed by atoms with Gasteiger partial charge in [0.05, 0.1) is 25.6 Å². The molecule has 1 heterocycles. The van der Waals surface area contributed by atoms with Gasteiger partial charge in [0.1, 0.15) is 28.0 Å². The summed E-state index contributed by atoms with van der Waals surface area (Å²) in [6.45, 7) is 0. The molecule has 3 aromatic carbocycles. The first-order valence-electron chi connectivity index (χ1n) is 10.3. The normalized spacial score (nSPS) is 13.2. The van der Waals surface area contributed by atoms with E-state index in [2.05, 4.69) is 10.6 Å². The Kier molecular flexibility index (Phi) is 6.70. The van der Waals surface area contributed by atoms with E-state index in [4.69, 9.17) is 21.1 Å². The quantitative estimate of drug-likeness (QED) is 0.467. The van der Waals surface area contributed by atoms with Gasteiger partial charge in [-0.05, 0) is 54.6 Å². The second kappa shape index (κ2) is 9.86. The van der Waals surface area contributed by atoms with Gasteiger partial charge >= 0.3 is 0 Å². The van der Waals surface area contributed by atoms with E-state index in [-0.39, 0.29) is 22.0 Å². The summed E-state index contributed by atoms with van der Waals surface area (Å²) in [5.41, 5.74) is 1.05. The van der Waals surface area contributed by atoms with E-state index in [1.54, 1.807) is 36.4 Å². The molecular formula is C25H19ClFN3O5. The zero-order valence-electron chi connectivity index (χ0n) is 18.6. The number of ether oxygens (including phenoxy) is 2. The third-order valence-corrected chi connectivity index (χ3v) is 5.51. The number of hydrogen-bond acceptors (Lipinski definition) is 6. The molecule has 0 radical (unpaired) electrons. The van der Waals surface area contributed by atoms with Gasteiger partial charge in [0.25, 0.3) is 17.7 Å². The number of methoxy groups -OCH3 is 2. The maximum absolute atomic E-state index is 13.2. The summed E-state index contributed by atoms with van der Waals surface area (Å²) < 4.78 is 23.7. The van der Waals surface area contributed by atoms with Crippen molar-refractivity contribution in [2.24, 2.45) is 0 Å². The standard InChI is InChI=1S/C25H19ClFN3O5/c1-34-18-10-11-20(35-2)19(13-18)29-23(31)14-4-3-5-16(12-14)28-22-21(26)24(32)30(25(22)33)17-8-6-15(27)7-9-17/h3-13,28H,1-2H3,(H,29,31). The molecule has 4 rings (SSSR count). The third-order valence-electron chi connectivity index (χ3n) is 5.16. The number of imide groups is 1. The van der Waals surface area contributed by atoms with E-state index in [1.165, 1.54) is 32.4 Å². The predicted octanol–water partition coefficient (Wildman–Crippen LogP) is 4.53.